The van der Waals surface area contributed by atoms with Crippen LogP contribution in [0.5, 0.6) is 0 Å². The first-order chi connectivity index (χ1) is 7.38. The van der Waals surface area contributed by atoms with Gasteiger partial charge in [-0.15, -0.1) is 0 Å². The summed E-state index contributed by atoms with van der Waals surface area (Å²) >= 11 is 0. The van der Waals surface area contributed by atoms with Crippen LogP contribution in [0, 0.1) is 5.41 Å². The van der Waals surface area contributed by atoms with E-state index in [1.54, 1.807) is 0 Å². The first-order valence-corrected chi connectivity index (χ1v) is 5.72. The van der Waals surface area contributed by atoms with Crippen LogP contribution in [0.25, 0.3) is 0 Å². The van der Waals surface area contributed by atoms with Gasteiger partial charge in [0.15, 0.2) is 5.78 Å². The molecule has 0 fully saturated rings. The maximum atomic E-state index is 11.9. The quantitative estimate of drug-likeness (QED) is 0.791. The Labute approximate surface area is 97.9 Å². The third-order valence-corrected chi connectivity index (χ3v) is 2.42. The van der Waals surface area contributed by atoms with Crippen LogP contribution in [0.3, 0.4) is 0 Å². The number of carbonyl (C=O) groups is 1. The van der Waals surface area contributed by atoms with E-state index in [0.29, 0.717) is 6.42 Å². The van der Waals surface area contributed by atoms with Crippen LogP contribution in [0.2, 0.25) is 0 Å². The fourth-order valence-corrected chi connectivity index (χ4v) is 1.84. The van der Waals surface area contributed by atoms with E-state index in [1.165, 1.54) is 0 Å². The van der Waals surface area contributed by atoms with Crippen LogP contribution in [0.15, 0.2) is 30.3 Å². The lowest BCUT2D eigenvalue weighted by Gasteiger charge is -2.22. The molecule has 0 bridgehead atoms. The zero-order valence-electron chi connectivity index (χ0n) is 10.4. The second-order valence-electron chi connectivity index (χ2n) is 5.52. The van der Waals surface area contributed by atoms with Gasteiger partial charge in [0.1, 0.15) is 0 Å². The number of nitrogens with two attached hydrogens (primary N) is 1. The standard InChI is InChI=1S/C14H21NO/c1-14(2,3)10-12(15)9-13(16)11-7-5-4-6-8-11/h4-8,12H,9-10,15H2,1-3H3. The van der Waals surface area contributed by atoms with Crippen LogP contribution >= 0.6 is 0 Å². The minimum absolute atomic E-state index is 0.0484. The Bertz CT molecular complexity index is 338. The van der Waals surface area contributed by atoms with Crippen LogP contribution in [-0.4, -0.2) is 11.8 Å². The lowest BCUT2D eigenvalue weighted by Crippen LogP contribution is -2.28. The van der Waals surface area contributed by atoms with Gasteiger partial charge in [-0.2, -0.15) is 0 Å². The predicted octanol–water partition coefficient (Wildman–Crippen LogP) is 3.02. The van der Waals surface area contributed by atoms with E-state index in [9.17, 15) is 4.79 Å². The normalized spacial score (nSPS) is 13.5. The molecule has 0 radical (unpaired) electrons. The number of carbonyl (C=O) groups excluding carboxylic acids is 1. The summed E-state index contributed by atoms with van der Waals surface area (Å²) < 4.78 is 0. The summed E-state index contributed by atoms with van der Waals surface area (Å²) in [6, 6.07) is 9.29. The molecule has 0 aliphatic heterocycles. The lowest BCUT2D eigenvalue weighted by molar-refractivity contribution is 0.0968. The molecule has 0 heterocycles. The molecule has 0 saturated heterocycles. The predicted molar refractivity (Wildman–Crippen MR) is 67.4 cm³/mol. The molecule has 0 spiro atoms. The van der Waals surface area contributed by atoms with Crippen molar-refractivity contribution < 1.29 is 4.79 Å². The molecule has 2 nitrogen and oxygen atoms in total. The highest BCUT2D eigenvalue weighted by molar-refractivity contribution is 5.96. The van der Waals surface area contributed by atoms with Crippen molar-refractivity contribution in [2.24, 2.45) is 11.1 Å². The Balaban J connectivity index is 2.53. The summed E-state index contributed by atoms with van der Waals surface area (Å²) in [5, 5.41) is 0. The van der Waals surface area contributed by atoms with Gasteiger partial charge < -0.3 is 5.73 Å². The molecule has 1 aromatic carbocycles. The zero-order chi connectivity index (χ0) is 12.2. The van der Waals surface area contributed by atoms with Crippen molar-refractivity contribution in [3.8, 4) is 0 Å². The maximum absolute atomic E-state index is 11.9. The molecule has 1 atom stereocenters. The highest BCUT2D eigenvalue weighted by atomic mass is 16.1. The third-order valence-electron chi connectivity index (χ3n) is 2.42. The van der Waals surface area contributed by atoms with Gasteiger partial charge >= 0.3 is 0 Å². The molecular formula is C14H21NO. The highest BCUT2D eigenvalue weighted by Gasteiger charge is 2.18. The second kappa shape index (κ2) is 5.26. The van der Waals surface area contributed by atoms with E-state index in [-0.39, 0.29) is 17.2 Å². The molecule has 1 unspecified atom stereocenters. The Kier molecular flexibility index (Phi) is 4.25. The number of hydrogen-bond donors (Lipinski definition) is 1. The van der Waals surface area contributed by atoms with Gasteiger partial charge in [0.25, 0.3) is 0 Å². The summed E-state index contributed by atoms with van der Waals surface area (Å²) in [4.78, 5) is 11.9. The van der Waals surface area contributed by atoms with Gasteiger partial charge in [-0.05, 0) is 11.8 Å². The highest BCUT2D eigenvalue weighted by Crippen LogP contribution is 2.21. The largest absolute Gasteiger partial charge is 0.327 e. The Morgan fingerprint density at radius 2 is 1.81 bits per heavy atom. The van der Waals surface area contributed by atoms with Crippen molar-refractivity contribution in [3.63, 3.8) is 0 Å². The van der Waals surface area contributed by atoms with E-state index in [1.807, 2.05) is 30.3 Å². The minimum Gasteiger partial charge on any atom is -0.327 e. The van der Waals surface area contributed by atoms with Gasteiger partial charge in [0, 0.05) is 18.0 Å². The molecule has 2 heteroatoms. The average Bonchev–Trinajstić information content (AvgIpc) is 2.16. The van der Waals surface area contributed by atoms with Crippen molar-refractivity contribution in [3.05, 3.63) is 35.9 Å². The van der Waals surface area contributed by atoms with E-state index in [0.717, 1.165) is 12.0 Å². The lowest BCUT2D eigenvalue weighted by atomic mass is 9.86. The fraction of sp³-hybridized carbons (Fsp3) is 0.500. The van der Waals surface area contributed by atoms with Crippen LogP contribution in [-0.2, 0) is 0 Å². The molecule has 2 N–H and O–H groups in total. The number of rotatable bonds is 4. The van der Waals surface area contributed by atoms with E-state index < -0.39 is 0 Å². The van der Waals surface area contributed by atoms with Crippen molar-refractivity contribution in [2.75, 3.05) is 0 Å². The summed E-state index contributed by atoms with van der Waals surface area (Å²) in [5.74, 6) is 0.136. The minimum atomic E-state index is -0.0484. The van der Waals surface area contributed by atoms with Crippen molar-refractivity contribution >= 4 is 5.78 Å². The van der Waals surface area contributed by atoms with Gasteiger partial charge in [0.05, 0.1) is 0 Å². The Hall–Kier alpha value is -1.15. The van der Waals surface area contributed by atoms with E-state index in [4.69, 9.17) is 5.73 Å². The second-order valence-corrected chi connectivity index (χ2v) is 5.52. The third kappa shape index (κ3) is 4.58. The van der Waals surface area contributed by atoms with Crippen LogP contribution in [0.1, 0.15) is 44.0 Å². The van der Waals surface area contributed by atoms with Crippen LogP contribution < -0.4 is 5.73 Å². The zero-order valence-corrected chi connectivity index (χ0v) is 10.4. The SMILES string of the molecule is CC(C)(C)CC(N)CC(=O)c1ccccc1. The average molecular weight is 219 g/mol. The first-order valence-electron chi connectivity index (χ1n) is 5.72. The molecule has 1 rings (SSSR count). The molecule has 16 heavy (non-hydrogen) atoms. The smallest absolute Gasteiger partial charge is 0.164 e. The van der Waals surface area contributed by atoms with Gasteiger partial charge in [-0.3, -0.25) is 4.79 Å². The molecule has 0 aromatic heterocycles. The summed E-state index contributed by atoms with van der Waals surface area (Å²) in [5.41, 5.74) is 6.91. The summed E-state index contributed by atoms with van der Waals surface area (Å²) in [7, 11) is 0. The monoisotopic (exact) mass is 219 g/mol. The molecule has 1 aromatic rings. The Morgan fingerprint density at radius 1 is 1.25 bits per heavy atom. The number of benzene rings is 1. The van der Waals surface area contributed by atoms with Crippen molar-refractivity contribution in [2.45, 2.75) is 39.7 Å². The molecule has 0 saturated carbocycles. The molecular weight excluding hydrogens is 198 g/mol. The molecule has 0 amide bonds. The number of hydrogen-bond acceptors (Lipinski definition) is 2. The number of Topliss-reactive ketones (excluding diaryl/α,β-unsaturated/α-hetero) is 1. The fourth-order valence-electron chi connectivity index (χ4n) is 1.84. The van der Waals surface area contributed by atoms with Crippen LogP contribution in [0.4, 0.5) is 0 Å². The first kappa shape index (κ1) is 12.9. The maximum Gasteiger partial charge on any atom is 0.164 e. The van der Waals surface area contributed by atoms with Gasteiger partial charge in [-0.25, -0.2) is 0 Å². The number of ketones is 1. The van der Waals surface area contributed by atoms with Gasteiger partial charge in [0.2, 0.25) is 0 Å². The van der Waals surface area contributed by atoms with E-state index in [2.05, 4.69) is 20.8 Å². The topological polar surface area (TPSA) is 43.1 Å². The van der Waals surface area contributed by atoms with Crippen molar-refractivity contribution in [1.29, 1.82) is 0 Å². The summed E-state index contributed by atoms with van der Waals surface area (Å²) in [6.07, 6.45) is 1.30. The van der Waals surface area contributed by atoms with Gasteiger partial charge in [-0.1, -0.05) is 51.1 Å². The molecule has 0 aliphatic rings. The molecule has 88 valence electrons. The Morgan fingerprint density at radius 3 is 2.31 bits per heavy atom. The molecule has 0 aliphatic carbocycles. The van der Waals surface area contributed by atoms with E-state index >= 15 is 0 Å². The summed E-state index contributed by atoms with van der Waals surface area (Å²) in [6.45, 7) is 6.42. The van der Waals surface area contributed by atoms with Crippen molar-refractivity contribution in [1.82, 2.24) is 0 Å².